The van der Waals surface area contributed by atoms with E-state index in [1.54, 1.807) is 18.2 Å². The monoisotopic (exact) mass is 528 g/mol. The number of halogens is 3. The van der Waals surface area contributed by atoms with Crippen molar-refractivity contribution in [2.24, 2.45) is 0 Å². The zero-order valence-electron chi connectivity index (χ0n) is 19.5. The van der Waals surface area contributed by atoms with Crippen LogP contribution in [0.25, 0.3) is 10.9 Å². The summed E-state index contributed by atoms with van der Waals surface area (Å²) in [5.41, 5.74) is 0.470. The molecule has 0 saturated heterocycles. The van der Waals surface area contributed by atoms with Crippen molar-refractivity contribution in [2.45, 2.75) is 6.42 Å². The van der Waals surface area contributed by atoms with Gasteiger partial charge in [-0.1, -0.05) is 11.6 Å². The van der Waals surface area contributed by atoms with Crippen LogP contribution in [-0.2, 0) is 9.59 Å². The Morgan fingerprint density at radius 1 is 0.946 bits per heavy atom. The molecular weight excluding hydrogens is 510 g/mol. The van der Waals surface area contributed by atoms with Crippen LogP contribution in [0.3, 0.4) is 0 Å². The van der Waals surface area contributed by atoms with E-state index >= 15 is 0 Å². The number of anilines is 2. The van der Waals surface area contributed by atoms with Crippen molar-refractivity contribution in [2.75, 3.05) is 24.9 Å². The summed E-state index contributed by atoms with van der Waals surface area (Å²) in [5.74, 6) is -1.83. The lowest BCUT2D eigenvalue weighted by molar-refractivity contribution is -0.123. The summed E-state index contributed by atoms with van der Waals surface area (Å²) in [7, 11) is 3.02. The number of methoxy groups -OCH3 is 2. The third-order valence-corrected chi connectivity index (χ3v) is 5.31. The van der Waals surface area contributed by atoms with Crippen molar-refractivity contribution in [1.82, 2.24) is 9.97 Å². The number of amides is 2. The van der Waals surface area contributed by atoms with Crippen molar-refractivity contribution in [3.05, 3.63) is 71.5 Å². The molecule has 2 heterocycles. The topological polar surface area (TPSA) is 112 Å². The molecule has 0 bridgehead atoms. The summed E-state index contributed by atoms with van der Waals surface area (Å²) >= 11 is 6.31. The van der Waals surface area contributed by atoms with E-state index in [1.807, 2.05) is 0 Å². The molecule has 2 N–H and O–H groups in total. The molecule has 4 aromatic rings. The first-order valence-electron chi connectivity index (χ1n) is 10.7. The summed E-state index contributed by atoms with van der Waals surface area (Å²) in [6, 6.07) is 9.15. The van der Waals surface area contributed by atoms with Gasteiger partial charge >= 0.3 is 0 Å². The zero-order valence-corrected chi connectivity index (χ0v) is 20.2. The van der Waals surface area contributed by atoms with Gasteiger partial charge in [-0.05, 0) is 36.4 Å². The Hall–Kier alpha value is -4.51. The fraction of sp³-hybridized carbons (Fsp3) is 0.120. The number of nitrogens with one attached hydrogen (secondary N) is 2. The van der Waals surface area contributed by atoms with Crippen molar-refractivity contribution in [3.8, 4) is 23.1 Å². The molecule has 9 nitrogen and oxygen atoms in total. The van der Waals surface area contributed by atoms with Gasteiger partial charge in [-0.15, -0.1) is 0 Å². The van der Waals surface area contributed by atoms with E-state index in [0.29, 0.717) is 34.2 Å². The Kier molecular flexibility index (Phi) is 7.63. The molecule has 0 unspecified atom stereocenters. The van der Waals surface area contributed by atoms with Crippen molar-refractivity contribution in [3.63, 3.8) is 0 Å². The van der Waals surface area contributed by atoms with Gasteiger partial charge in [0.1, 0.15) is 34.3 Å². The van der Waals surface area contributed by atoms with Crippen LogP contribution in [0.15, 0.2) is 54.9 Å². The number of hydrogen-bond acceptors (Lipinski definition) is 7. The molecule has 0 fully saturated rings. The minimum absolute atomic E-state index is 0.0616. The van der Waals surface area contributed by atoms with Crippen molar-refractivity contribution >= 4 is 45.7 Å². The number of carbonyl (C=O) groups excluding carboxylic acids is 2. The number of carbonyl (C=O) groups is 2. The standard InChI is InChI=1S/C25H19ClF2N4O5/c1-35-20-6-4-15-19(7-8-29-23(15)24(20)36-2)37-25-16(26)10-14(12-30-25)31-21(33)11-22(34)32-18-5-3-13(27)9-17(18)28/h3-10,12H,11H2,1-2H3,(H,31,33)(H,32,34). The second kappa shape index (κ2) is 11.0. The van der Waals surface area contributed by atoms with Gasteiger partial charge in [0, 0.05) is 17.6 Å². The third kappa shape index (κ3) is 5.84. The van der Waals surface area contributed by atoms with E-state index in [0.717, 1.165) is 12.1 Å². The van der Waals surface area contributed by atoms with E-state index in [-0.39, 0.29) is 22.3 Å². The second-order valence-corrected chi connectivity index (χ2v) is 7.92. The highest BCUT2D eigenvalue weighted by Crippen LogP contribution is 2.39. The molecule has 190 valence electrons. The molecule has 37 heavy (non-hydrogen) atoms. The molecule has 0 saturated carbocycles. The molecule has 0 aliphatic rings. The molecule has 2 amide bonds. The van der Waals surface area contributed by atoms with Crippen LogP contribution in [0.2, 0.25) is 5.02 Å². The van der Waals surface area contributed by atoms with Crippen LogP contribution < -0.4 is 24.8 Å². The van der Waals surface area contributed by atoms with E-state index in [4.69, 9.17) is 25.8 Å². The van der Waals surface area contributed by atoms with Crippen molar-refractivity contribution in [1.29, 1.82) is 0 Å². The Bertz CT molecular complexity index is 1500. The number of benzene rings is 2. The Morgan fingerprint density at radius 3 is 2.43 bits per heavy atom. The summed E-state index contributed by atoms with van der Waals surface area (Å²) in [6.45, 7) is 0. The van der Waals surface area contributed by atoms with E-state index in [9.17, 15) is 18.4 Å². The zero-order chi connectivity index (χ0) is 26.5. The molecule has 2 aromatic heterocycles. The van der Waals surface area contributed by atoms with Gasteiger partial charge in [-0.25, -0.2) is 13.8 Å². The second-order valence-electron chi connectivity index (χ2n) is 7.52. The fourth-order valence-corrected chi connectivity index (χ4v) is 3.61. The minimum atomic E-state index is -0.958. The molecule has 12 heteroatoms. The van der Waals surface area contributed by atoms with Gasteiger partial charge in [-0.2, -0.15) is 0 Å². The van der Waals surface area contributed by atoms with Crippen molar-refractivity contribution < 1.29 is 32.6 Å². The predicted molar refractivity (Wildman–Crippen MR) is 132 cm³/mol. The Balaban J connectivity index is 1.44. The lowest BCUT2D eigenvalue weighted by Crippen LogP contribution is -2.22. The average molecular weight is 529 g/mol. The summed E-state index contributed by atoms with van der Waals surface area (Å²) in [6.07, 6.45) is 2.20. The van der Waals surface area contributed by atoms with Gasteiger partial charge in [-0.3, -0.25) is 14.6 Å². The van der Waals surface area contributed by atoms with E-state index in [2.05, 4.69) is 20.6 Å². The SMILES string of the molecule is COc1ccc2c(Oc3ncc(NC(=O)CC(=O)Nc4ccc(F)cc4F)cc3Cl)ccnc2c1OC. The highest BCUT2D eigenvalue weighted by molar-refractivity contribution is 6.32. The Morgan fingerprint density at radius 2 is 1.73 bits per heavy atom. The number of fused-ring (bicyclic) bond motifs is 1. The molecular formula is C25H19ClF2N4O5. The highest BCUT2D eigenvalue weighted by Gasteiger charge is 2.17. The molecule has 4 rings (SSSR count). The van der Waals surface area contributed by atoms with Gasteiger partial charge in [0.25, 0.3) is 0 Å². The summed E-state index contributed by atoms with van der Waals surface area (Å²) < 4.78 is 43.3. The molecule has 0 aliphatic carbocycles. The average Bonchev–Trinajstić information content (AvgIpc) is 2.86. The molecule has 0 aliphatic heterocycles. The molecule has 2 aromatic carbocycles. The van der Waals surface area contributed by atoms with Crippen LogP contribution in [0.1, 0.15) is 6.42 Å². The third-order valence-electron chi connectivity index (χ3n) is 5.04. The van der Waals surface area contributed by atoms with E-state index < -0.39 is 29.9 Å². The fourth-order valence-electron chi connectivity index (χ4n) is 3.41. The number of ether oxygens (including phenoxy) is 3. The number of aromatic nitrogens is 2. The molecule has 0 radical (unpaired) electrons. The van der Waals surface area contributed by atoms with Crippen LogP contribution in [0.5, 0.6) is 23.1 Å². The Labute approximate surface area is 214 Å². The van der Waals surface area contributed by atoms with Crippen LogP contribution in [0.4, 0.5) is 20.2 Å². The number of nitrogens with zero attached hydrogens (tertiary/aromatic N) is 2. The largest absolute Gasteiger partial charge is 0.493 e. The summed E-state index contributed by atoms with van der Waals surface area (Å²) in [5, 5.41) is 5.39. The smallest absolute Gasteiger partial charge is 0.238 e. The van der Waals surface area contributed by atoms with Crippen LogP contribution in [0, 0.1) is 11.6 Å². The number of pyridine rings is 2. The number of rotatable bonds is 8. The van der Waals surface area contributed by atoms with Gasteiger partial charge in [0.05, 0.1) is 31.8 Å². The van der Waals surface area contributed by atoms with Crippen LogP contribution >= 0.6 is 11.6 Å². The van der Waals surface area contributed by atoms with Gasteiger partial charge < -0.3 is 24.8 Å². The first-order chi connectivity index (χ1) is 17.8. The molecule has 0 spiro atoms. The summed E-state index contributed by atoms with van der Waals surface area (Å²) in [4.78, 5) is 32.8. The molecule has 0 atom stereocenters. The van der Waals surface area contributed by atoms with Gasteiger partial charge in [0.2, 0.25) is 17.7 Å². The lowest BCUT2D eigenvalue weighted by Gasteiger charge is -2.13. The van der Waals surface area contributed by atoms with Crippen LogP contribution in [-0.4, -0.2) is 36.0 Å². The normalized spacial score (nSPS) is 10.6. The van der Waals surface area contributed by atoms with E-state index in [1.165, 1.54) is 32.7 Å². The quantitative estimate of drug-likeness (QED) is 0.297. The maximum Gasteiger partial charge on any atom is 0.238 e. The predicted octanol–water partition coefficient (Wildman–Crippen LogP) is 5.34. The maximum atomic E-state index is 13.7. The maximum absolute atomic E-state index is 13.7. The highest BCUT2D eigenvalue weighted by atomic mass is 35.5. The number of hydrogen-bond donors (Lipinski definition) is 2. The van der Waals surface area contributed by atoms with Gasteiger partial charge in [0.15, 0.2) is 11.5 Å². The first kappa shape index (κ1) is 25.6. The first-order valence-corrected chi connectivity index (χ1v) is 11.0. The minimum Gasteiger partial charge on any atom is -0.493 e. The lowest BCUT2D eigenvalue weighted by atomic mass is 10.1.